The molecule has 28 heavy (non-hydrogen) atoms. The van der Waals surface area contributed by atoms with Gasteiger partial charge >= 0.3 is 0 Å². The molecule has 0 aliphatic rings. The van der Waals surface area contributed by atoms with Gasteiger partial charge in [-0.05, 0) is 48.5 Å². The summed E-state index contributed by atoms with van der Waals surface area (Å²) in [7, 11) is 0. The lowest BCUT2D eigenvalue weighted by molar-refractivity contribution is -0.118. The number of nitrogens with one attached hydrogen (secondary N) is 1. The molecule has 0 saturated heterocycles. The lowest BCUT2D eigenvalue weighted by atomic mass is 10.2. The van der Waals surface area contributed by atoms with Crippen molar-refractivity contribution < 1.29 is 14.3 Å². The summed E-state index contributed by atoms with van der Waals surface area (Å²) < 4.78 is 11.4. The van der Waals surface area contributed by atoms with Crippen molar-refractivity contribution in [3.05, 3.63) is 91.1 Å². The largest absolute Gasteiger partial charge is 0.484 e. The minimum absolute atomic E-state index is 0.0516. The highest BCUT2D eigenvalue weighted by atomic mass is 16.5. The molecule has 0 atom stereocenters. The van der Waals surface area contributed by atoms with Gasteiger partial charge in [-0.15, -0.1) is 0 Å². The number of rotatable bonds is 6. The summed E-state index contributed by atoms with van der Waals surface area (Å²) in [5.41, 5.74) is 1.48. The van der Waals surface area contributed by atoms with E-state index in [1.54, 1.807) is 30.5 Å². The predicted octanol–water partition coefficient (Wildman–Crippen LogP) is 5.04. The summed E-state index contributed by atoms with van der Waals surface area (Å²) in [5, 5.41) is 3.82. The monoisotopic (exact) mass is 370 g/mol. The maximum atomic E-state index is 12.0. The normalized spacial score (nSPS) is 10.4. The molecular weight excluding hydrogens is 352 g/mol. The van der Waals surface area contributed by atoms with Gasteiger partial charge in [-0.25, -0.2) is 0 Å². The van der Waals surface area contributed by atoms with Crippen molar-refractivity contribution in [2.45, 2.75) is 0 Å². The lowest BCUT2D eigenvalue weighted by Gasteiger charge is -2.10. The van der Waals surface area contributed by atoms with Crippen LogP contribution in [0.1, 0.15) is 0 Å². The van der Waals surface area contributed by atoms with E-state index >= 15 is 0 Å². The van der Waals surface area contributed by atoms with Crippen LogP contribution in [0.25, 0.3) is 10.9 Å². The quantitative estimate of drug-likeness (QED) is 0.516. The number of amides is 1. The van der Waals surface area contributed by atoms with Crippen LogP contribution in [0.15, 0.2) is 91.1 Å². The molecule has 3 aromatic carbocycles. The highest BCUT2D eigenvalue weighted by molar-refractivity contribution is 5.92. The second-order valence-corrected chi connectivity index (χ2v) is 6.11. The highest BCUT2D eigenvalue weighted by Gasteiger charge is 2.06. The number of nitrogens with zero attached hydrogens (tertiary/aromatic N) is 1. The number of aromatic nitrogens is 1. The minimum atomic E-state index is -0.226. The Morgan fingerprint density at radius 2 is 1.61 bits per heavy atom. The van der Waals surface area contributed by atoms with Crippen LogP contribution in [-0.2, 0) is 4.79 Å². The molecule has 0 radical (unpaired) electrons. The van der Waals surface area contributed by atoms with Gasteiger partial charge in [0.25, 0.3) is 5.91 Å². The first-order valence-electron chi connectivity index (χ1n) is 8.87. The summed E-state index contributed by atoms with van der Waals surface area (Å²) in [4.78, 5) is 16.4. The molecule has 0 aliphatic heterocycles. The molecular formula is C23H18N2O3. The predicted molar refractivity (Wildman–Crippen MR) is 109 cm³/mol. The molecule has 0 fully saturated rings. The van der Waals surface area contributed by atoms with E-state index in [1.807, 2.05) is 60.7 Å². The summed E-state index contributed by atoms with van der Waals surface area (Å²) in [5.74, 6) is 1.78. The van der Waals surface area contributed by atoms with Crippen molar-refractivity contribution in [1.82, 2.24) is 4.98 Å². The summed E-state index contributed by atoms with van der Waals surface area (Å²) in [6.07, 6.45) is 1.74. The van der Waals surface area contributed by atoms with Crippen LogP contribution in [0.5, 0.6) is 17.2 Å². The zero-order valence-corrected chi connectivity index (χ0v) is 15.0. The fraction of sp³-hybridized carbons (Fsp3) is 0.0435. The van der Waals surface area contributed by atoms with E-state index in [-0.39, 0.29) is 12.5 Å². The van der Waals surface area contributed by atoms with Crippen LogP contribution in [0.2, 0.25) is 0 Å². The fourth-order valence-electron chi connectivity index (χ4n) is 2.75. The molecule has 1 heterocycles. The molecule has 1 aromatic heterocycles. The highest BCUT2D eigenvalue weighted by Crippen LogP contribution is 2.28. The Kier molecular flexibility index (Phi) is 5.15. The molecule has 0 spiro atoms. The maximum Gasteiger partial charge on any atom is 0.262 e. The molecule has 138 valence electrons. The van der Waals surface area contributed by atoms with Crippen LogP contribution in [-0.4, -0.2) is 17.5 Å². The van der Waals surface area contributed by atoms with Crippen molar-refractivity contribution in [2.24, 2.45) is 0 Å². The van der Waals surface area contributed by atoms with Crippen molar-refractivity contribution >= 4 is 22.5 Å². The van der Waals surface area contributed by atoms with Crippen LogP contribution in [0.3, 0.4) is 0 Å². The number of carbonyl (C=O) groups is 1. The van der Waals surface area contributed by atoms with Gasteiger partial charge in [-0.1, -0.05) is 36.4 Å². The maximum absolute atomic E-state index is 12.0. The van der Waals surface area contributed by atoms with Crippen LogP contribution in [0, 0.1) is 0 Å². The number of fused-ring (bicyclic) bond motifs is 1. The number of hydrogen-bond donors (Lipinski definition) is 1. The Morgan fingerprint density at radius 1 is 0.821 bits per heavy atom. The van der Waals surface area contributed by atoms with Gasteiger partial charge in [0, 0.05) is 17.3 Å². The Bertz CT molecular complexity index is 1070. The molecule has 0 aliphatic carbocycles. The summed E-state index contributed by atoms with van der Waals surface area (Å²) in [6.45, 7) is -0.0516. The second kappa shape index (κ2) is 8.22. The molecule has 1 amide bonds. The van der Waals surface area contributed by atoms with Crippen LogP contribution >= 0.6 is 0 Å². The Morgan fingerprint density at radius 3 is 2.43 bits per heavy atom. The summed E-state index contributed by atoms with van der Waals surface area (Å²) >= 11 is 0. The Hall–Kier alpha value is -3.86. The van der Waals surface area contributed by atoms with Crippen LogP contribution in [0.4, 0.5) is 5.69 Å². The van der Waals surface area contributed by atoms with E-state index in [0.29, 0.717) is 22.9 Å². The number of pyridine rings is 1. The third-order valence-corrected chi connectivity index (χ3v) is 4.07. The minimum Gasteiger partial charge on any atom is -0.484 e. The topological polar surface area (TPSA) is 60.5 Å². The number of ether oxygens (including phenoxy) is 2. The van der Waals surface area contributed by atoms with Crippen molar-refractivity contribution in [2.75, 3.05) is 11.9 Å². The molecule has 0 saturated carbocycles. The van der Waals surface area contributed by atoms with Gasteiger partial charge in [0.15, 0.2) is 12.4 Å². The zero-order chi connectivity index (χ0) is 19.2. The number of hydrogen-bond acceptors (Lipinski definition) is 4. The van der Waals surface area contributed by atoms with Gasteiger partial charge in [-0.2, -0.15) is 0 Å². The SMILES string of the molecule is O=C(COc1ccccc1)Nc1ccc(Oc2cccc3cccnc23)cc1. The van der Waals surface area contributed by atoms with Crippen LogP contribution < -0.4 is 14.8 Å². The van der Waals surface area contributed by atoms with Gasteiger partial charge < -0.3 is 14.8 Å². The number of anilines is 1. The lowest BCUT2D eigenvalue weighted by Crippen LogP contribution is -2.20. The molecule has 4 rings (SSSR count). The number of para-hydroxylation sites is 2. The van der Waals surface area contributed by atoms with Gasteiger partial charge in [-0.3, -0.25) is 9.78 Å². The molecule has 1 N–H and O–H groups in total. The first-order valence-corrected chi connectivity index (χ1v) is 8.87. The van der Waals surface area contributed by atoms with E-state index in [9.17, 15) is 4.79 Å². The first-order chi connectivity index (χ1) is 13.8. The van der Waals surface area contributed by atoms with Crippen molar-refractivity contribution in [3.63, 3.8) is 0 Å². The third-order valence-electron chi connectivity index (χ3n) is 4.07. The van der Waals surface area contributed by atoms with E-state index in [0.717, 1.165) is 10.9 Å². The van der Waals surface area contributed by atoms with E-state index < -0.39 is 0 Å². The first kappa shape index (κ1) is 17.5. The van der Waals surface area contributed by atoms with Gasteiger partial charge in [0.05, 0.1) is 0 Å². The number of benzene rings is 3. The molecule has 0 unspecified atom stereocenters. The Labute approximate surface area is 162 Å². The second-order valence-electron chi connectivity index (χ2n) is 6.11. The average molecular weight is 370 g/mol. The number of carbonyl (C=O) groups excluding carboxylic acids is 1. The Balaban J connectivity index is 1.37. The molecule has 5 heteroatoms. The van der Waals surface area contributed by atoms with E-state index in [1.165, 1.54) is 0 Å². The third kappa shape index (κ3) is 4.27. The fourth-order valence-corrected chi connectivity index (χ4v) is 2.75. The van der Waals surface area contributed by atoms with Crippen molar-refractivity contribution in [1.29, 1.82) is 0 Å². The van der Waals surface area contributed by atoms with Crippen molar-refractivity contribution in [3.8, 4) is 17.2 Å². The molecule has 4 aromatic rings. The van der Waals surface area contributed by atoms with Gasteiger partial charge in [0.2, 0.25) is 0 Å². The average Bonchev–Trinajstić information content (AvgIpc) is 2.75. The summed E-state index contributed by atoms with van der Waals surface area (Å²) in [6, 6.07) is 26.1. The van der Waals surface area contributed by atoms with Gasteiger partial charge in [0.1, 0.15) is 17.0 Å². The molecule has 0 bridgehead atoms. The zero-order valence-electron chi connectivity index (χ0n) is 15.0. The molecule has 5 nitrogen and oxygen atoms in total. The smallest absolute Gasteiger partial charge is 0.262 e. The standard InChI is InChI=1S/C23H18N2O3/c26-22(16-27-19-8-2-1-3-9-19)25-18-11-13-20(14-12-18)28-21-10-4-6-17-7-5-15-24-23(17)21/h1-15H,16H2,(H,25,26). The van der Waals surface area contributed by atoms with E-state index in [4.69, 9.17) is 9.47 Å². The van der Waals surface area contributed by atoms with E-state index in [2.05, 4.69) is 10.3 Å².